The molecule has 3 N–H and O–H groups in total. The second-order valence-electron chi connectivity index (χ2n) is 3.82. The van der Waals surface area contributed by atoms with Gasteiger partial charge in [-0.3, -0.25) is 10.1 Å². The van der Waals surface area contributed by atoms with Crippen molar-refractivity contribution in [1.29, 1.82) is 0 Å². The largest absolute Gasteiger partial charge is 0.393 e. The number of aryl methyl sites for hydroxylation is 1. The smallest absolute Gasteiger partial charge is 0.236 e. The zero-order valence-corrected chi connectivity index (χ0v) is 10.3. The third-order valence-electron chi connectivity index (χ3n) is 2.20. The maximum atomic E-state index is 11.9. The van der Waals surface area contributed by atoms with Crippen LogP contribution in [0.25, 0.3) is 0 Å². The van der Waals surface area contributed by atoms with Gasteiger partial charge in [-0.25, -0.2) is 4.68 Å². The van der Waals surface area contributed by atoms with Crippen LogP contribution in [-0.2, 0) is 11.8 Å². The Labute approximate surface area is 99.2 Å². The molecule has 0 fully saturated rings. The number of aromatic nitrogens is 3. The van der Waals surface area contributed by atoms with E-state index >= 15 is 0 Å². The Hall–Kier alpha value is -1.50. The van der Waals surface area contributed by atoms with E-state index in [-0.39, 0.29) is 16.8 Å². The topological polar surface area (TPSA) is 85.8 Å². The van der Waals surface area contributed by atoms with Crippen molar-refractivity contribution >= 4 is 29.1 Å². The SMILES string of the molecule is CC(C)C(C(=O)Nc1ncnn1C)C(N)=S. The second kappa shape index (κ2) is 5.02. The van der Waals surface area contributed by atoms with E-state index in [2.05, 4.69) is 15.4 Å². The molecule has 1 heterocycles. The number of hydrogen-bond acceptors (Lipinski definition) is 4. The molecule has 7 heteroatoms. The molecule has 1 aromatic rings. The number of anilines is 1. The molecule has 0 saturated heterocycles. The van der Waals surface area contributed by atoms with Crippen molar-refractivity contribution in [2.24, 2.45) is 24.6 Å². The van der Waals surface area contributed by atoms with Crippen molar-refractivity contribution in [3.8, 4) is 0 Å². The predicted molar refractivity (Wildman–Crippen MR) is 64.7 cm³/mol. The highest BCUT2D eigenvalue weighted by Gasteiger charge is 2.25. The quantitative estimate of drug-likeness (QED) is 0.741. The van der Waals surface area contributed by atoms with Crippen LogP contribution in [0.4, 0.5) is 5.95 Å². The number of nitrogens with one attached hydrogen (secondary N) is 1. The zero-order chi connectivity index (χ0) is 12.3. The fourth-order valence-corrected chi connectivity index (χ4v) is 1.74. The van der Waals surface area contributed by atoms with Gasteiger partial charge in [-0.05, 0) is 5.92 Å². The first-order valence-electron chi connectivity index (χ1n) is 4.87. The highest BCUT2D eigenvalue weighted by molar-refractivity contribution is 7.80. The van der Waals surface area contributed by atoms with Crippen LogP contribution in [0.3, 0.4) is 0 Å². The van der Waals surface area contributed by atoms with Crippen LogP contribution in [-0.4, -0.2) is 25.7 Å². The zero-order valence-electron chi connectivity index (χ0n) is 9.47. The van der Waals surface area contributed by atoms with Crippen LogP contribution in [0.15, 0.2) is 6.33 Å². The average Bonchev–Trinajstić information content (AvgIpc) is 2.50. The van der Waals surface area contributed by atoms with E-state index in [4.69, 9.17) is 18.0 Å². The molecular formula is C9H15N5OS. The van der Waals surface area contributed by atoms with E-state index in [1.807, 2.05) is 13.8 Å². The normalized spacial score (nSPS) is 12.5. The summed E-state index contributed by atoms with van der Waals surface area (Å²) in [6.45, 7) is 3.78. The van der Waals surface area contributed by atoms with Crippen molar-refractivity contribution in [1.82, 2.24) is 14.8 Å². The summed E-state index contributed by atoms with van der Waals surface area (Å²) in [5.74, 6) is -0.317. The standard InChI is InChI=1S/C9H15N5OS/c1-5(2)6(7(10)16)8(15)13-9-11-4-12-14(9)3/h4-6H,1-3H3,(H2,10,16)(H,11,12,13,15). The molecule has 1 aromatic heterocycles. The molecule has 1 atom stereocenters. The van der Waals surface area contributed by atoms with E-state index in [1.165, 1.54) is 11.0 Å². The Balaban J connectivity index is 2.78. The lowest BCUT2D eigenvalue weighted by molar-refractivity contribution is -0.119. The van der Waals surface area contributed by atoms with Crippen molar-refractivity contribution in [2.45, 2.75) is 13.8 Å². The van der Waals surface area contributed by atoms with Crippen LogP contribution >= 0.6 is 12.2 Å². The van der Waals surface area contributed by atoms with Crippen molar-refractivity contribution in [2.75, 3.05) is 5.32 Å². The summed E-state index contributed by atoms with van der Waals surface area (Å²) in [6, 6.07) is 0. The lowest BCUT2D eigenvalue weighted by Gasteiger charge is -2.18. The van der Waals surface area contributed by atoms with Gasteiger partial charge in [-0.15, -0.1) is 0 Å². The van der Waals surface area contributed by atoms with Crippen LogP contribution in [0, 0.1) is 11.8 Å². The lowest BCUT2D eigenvalue weighted by Crippen LogP contribution is -2.37. The Bertz CT molecular complexity index is 400. The number of nitrogens with zero attached hydrogens (tertiary/aromatic N) is 3. The minimum Gasteiger partial charge on any atom is -0.393 e. The molecule has 0 aliphatic rings. The Morgan fingerprint density at radius 1 is 1.62 bits per heavy atom. The first-order valence-corrected chi connectivity index (χ1v) is 5.28. The summed E-state index contributed by atoms with van der Waals surface area (Å²) in [4.78, 5) is 16.0. The van der Waals surface area contributed by atoms with Crippen molar-refractivity contribution in [3.63, 3.8) is 0 Å². The van der Waals surface area contributed by atoms with Gasteiger partial charge < -0.3 is 5.73 Å². The minimum atomic E-state index is -0.494. The molecule has 1 rings (SSSR count). The minimum absolute atomic E-state index is 0.0470. The highest BCUT2D eigenvalue weighted by Crippen LogP contribution is 2.13. The third-order valence-corrected chi connectivity index (χ3v) is 2.46. The lowest BCUT2D eigenvalue weighted by atomic mass is 9.95. The monoisotopic (exact) mass is 241 g/mol. The summed E-state index contributed by atoms with van der Waals surface area (Å²) < 4.78 is 1.47. The fourth-order valence-electron chi connectivity index (χ4n) is 1.36. The Morgan fingerprint density at radius 2 is 2.25 bits per heavy atom. The van der Waals surface area contributed by atoms with Gasteiger partial charge in [0, 0.05) is 7.05 Å². The number of rotatable bonds is 4. The maximum Gasteiger partial charge on any atom is 0.236 e. The molecule has 0 saturated carbocycles. The molecule has 0 aromatic carbocycles. The summed E-state index contributed by atoms with van der Waals surface area (Å²) in [5, 5.41) is 6.48. The van der Waals surface area contributed by atoms with Crippen LogP contribution in [0.1, 0.15) is 13.8 Å². The first kappa shape index (κ1) is 12.6. The summed E-state index contributed by atoms with van der Waals surface area (Å²) in [6.07, 6.45) is 1.36. The molecule has 0 radical (unpaired) electrons. The third kappa shape index (κ3) is 2.75. The molecule has 88 valence electrons. The second-order valence-corrected chi connectivity index (χ2v) is 4.29. The van der Waals surface area contributed by atoms with Gasteiger partial charge in [-0.2, -0.15) is 10.1 Å². The number of nitrogens with two attached hydrogens (primary N) is 1. The van der Waals surface area contributed by atoms with Gasteiger partial charge >= 0.3 is 0 Å². The number of thiocarbonyl (C=S) groups is 1. The number of amides is 1. The van der Waals surface area contributed by atoms with Gasteiger partial charge in [0.05, 0.1) is 10.9 Å². The van der Waals surface area contributed by atoms with E-state index < -0.39 is 5.92 Å². The molecular weight excluding hydrogens is 226 g/mol. The van der Waals surface area contributed by atoms with Gasteiger partial charge in [-0.1, -0.05) is 26.1 Å². The molecule has 1 amide bonds. The fraction of sp³-hybridized carbons (Fsp3) is 0.556. The molecule has 0 aliphatic heterocycles. The van der Waals surface area contributed by atoms with E-state index in [0.717, 1.165) is 0 Å². The van der Waals surface area contributed by atoms with Gasteiger partial charge in [0.25, 0.3) is 0 Å². The predicted octanol–water partition coefficient (Wildman–Crippen LogP) is 0.312. The molecule has 6 nitrogen and oxygen atoms in total. The summed E-state index contributed by atoms with van der Waals surface area (Å²) in [7, 11) is 1.69. The molecule has 0 bridgehead atoms. The van der Waals surface area contributed by atoms with Crippen LogP contribution < -0.4 is 11.1 Å². The maximum absolute atomic E-state index is 11.9. The Morgan fingerprint density at radius 3 is 2.62 bits per heavy atom. The first-order chi connectivity index (χ1) is 7.43. The number of carbonyl (C=O) groups excluding carboxylic acids is 1. The number of hydrogen-bond donors (Lipinski definition) is 2. The summed E-state index contributed by atoms with van der Waals surface area (Å²) >= 11 is 4.87. The van der Waals surface area contributed by atoms with Crippen LogP contribution in [0.5, 0.6) is 0 Å². The highest BCUT2D eigenvalue weighted by atomic mass is 32.1. The van der Waals surface area contributed by atoms with E-state index in [1.54, 1.807) is 7.05 Å². The van der Waals surface area contributed by atoms with Gasteiger partial charge in [0.1, 0.15) is 6.33 Å². The molecule has 1 unspecified atom stereocenters. The Kier molecular flexibility index (Phi) is 3.94. The van der Waals surface area contributed by atoms with Crippen molar-refractivity contribution < 1.29 is 4.79 Å². The summed E-state index contributed by atoms with van der Waals surface area (Å²) in [5.41, 5.74) is 5.53. The van der Waals surface area contributed by atoms with Gasteiger partial charge in [0.2, 0.25) is 11.9 Å². The van der Waals surface area contributed by atoms with Crippen molar-refractivity contribution in [3.05, 3.63) is 6.33 Å². The molecule has 16 heavy (non-hydrogen) atoms. The molecule has 0 aliphatic carbocycles. The average molecular weight is 241 g/mol. The van der Waals surface area contributed by atoms with E-state index in [0.29, 0.717) is 5.95 Å². The van der Waals surface area contributed by atoms with Crippen LogP contribution in [0.2, 0.25) is 0 Å². The number of carbonyl (C=O) groups is 1. The van der Waals surface area contributed by atoms with Gasteiger partial charge in [0.15, 0.2) is 0 Å². The molecule has 0 spiro atoms. The van der Waals surface area contributed by atoms with E-state index in [9.17, 15) is 4.79 Å².